The first-order chi connectivity index (χ1) is 14.5. The van der Waals surface area contributed by atoms with Gasteiger partial charge >= 0.3 is 0 Å². The Morgan fingerprint density at radius 3 is 1.73 bits per heavy atom. The molecule has 0 saturated heterocycles. The molecule has 5 nitrogen and oxygen atoms in total. The molecule has 0 bridgehead atoms. The van der Waals surface area contributed by atoms with E-state index in [1.807, 2.05) is 0 Å². The van der Waals surface area contributed by atoms with Crippen LogP contribution in [0.2, 0.25) is 10.0 Å². The van der Waals surface area contributed by atoms with E-state index in [2.05, 4.69) is 10.6 Å². The van der Waals surface area contributed by atoms with Gasteiger partial charge in [-0.15, -0.1) is 0 Å². The van der Waals surface area contributed by atoms with Gasteiger partial charge in [0.2, 0.25) is 0 Å². The average Bonchev–Trinajstić information content (AvgIpc) is 2.75. The second-order valence-corrected chi connectivity index (χ2v) is 6.98. The summed E-state index contributed by atoms with van der Waals surface area (Å²) >= 11 is 12.3. The van der Waals surface area contributed by atoms with E-state index < -0.39 is 11.8 Å². The number of hydrogen-bond acceptors (Lipinski definition) is 3. The lowest BCUT2D eigenvalue weighted by Gasteiger charge is -2.13. The zero-order valence-electron chi connectivity index (χ0n) is 16.0. The summed E-state index contributed by atoms with van der Waals surface area (Å²) in [4.78, 5) is 26.0. The summed E-state index contributed by atoms with van der Waals surface area (Å²) in [6.45, 7) is 0. The van der Waals surface area contributed by atoms with Crippen LogP contribution in [0.3, 0.4) is 0 Å². The molecule has 152 valence electrons. The second kappa shape index (κ2) is 9.96. The Bertz CT molecular complexity index is 1050. The summed E-state index contributed by atoms with van der Waals surface area (Å²) < 4.78 is 5.33. The summed E-state index contributed by atoms with van der Waals surface area (Å²) in [5.41, 5.74) is 1.21. The van der Waals surface area contributed by atoms with Crippen LogP contribution >= 0.6 is 23.2 Å². The number of nitrogens with one attached hydrogen (secondary N) is 2. The monoisotopic (exact) mass is 440 g/mol. The normalized spacial score (nSPS) is 10.1. The van der Waals surface area contributed by atoms with Crippen LogP contribution in [0.4, 0.5) is 11.4 Å². The molecule has 0 atom stereocenters. The number of hydrogen-bond donors (Lipinski definition) is 2. The minimum Gasteiger partial charge on any atom is -0.496 e. The van der Waals surface area contributed by atoms with E-state index in [1.54, 1.807) is 72.8 Å². The molecule has 3 aromatic rings. The molecular weight excluding hydrogens is 423 g/mol. The second-order valence-electron chi connectivity index (χ2n) is 6.17. The molecule has 0 aliphatic heterocycles. The van der Waals surface area contributed by atoms with E-state index in [-0.39, 0.29) is 5.57 Å². The van der Waals surface area contributed by atoms with Gasteiger partial charge in [0.05, 0.1) is 28.5 Å². The maximum atomic E-state index is 13.0. The van der Waals surface area contributed by atoms with E-state index in [0.29, 0.717) is 32.7 Å². The molecule has 0 spiro atoms. The highest BCUT2D eigenvalue weighted by Gasteiger charge is 2.21. The highest BCUT2D eigenvalue weighted by Crippen LogP contribution is 2.25. The zero-order chi connectivity index (χ0) is 21.5. The summed E-state index contributed by atoms with van der Waals surface area (Å²) in [7, 11) is 1.51. The molecule has 0 aromatic heterocycles. The molecule has 0 heterocycles. The van der Waals surface area contributed by atoms with Crippen LogP contribution in [0.25, 0.3) is 6.08 Å². The summed E-state index contributed by atoms with van der Waals surface area (Å²) in [5.74, 6) is -0.733. The summed E-state index contributed by atoms with van der Waals surface area (Å²) in [6, 6.07) is 20.6. The molecule has 0 aliphatic rings. The van der Waals surface area contributed by atoms with Gasteiger partial charge in [0.1, 0.15) is 11.3 Å². The zero-order valence-corrected chi connectivity index (χ0v) is 17.5. The highest BCUT2D eigenvalue weighted by molar-refractivity contribution is 6.36. The van der Waals surface area contributed by atoms with E-state index in [1.165, 1.54) is 13.2 Å². The third-order valence-corrected chi connectivity index (χ3v) is 4.83. The van der Waals surface area contributed by atoms with Crippen LogP contribution in [0.5, 0.6) is 5.75 Å². The van der Waals surface area contributed by atoms with Crippen LogP contribution in [0.1, 0.15) is 5.56 Å². The smallest absolute Gasteiger partial charge is 0.261 e. The minimum absolute atomic E-state index is 0.140. The van der Waals surface area contributed by atoms with Gasteiger partial charge in [0.15, 0.2) is 0 Å². The van der Waals surface area contributed by atoms with Crippen LogP contribution in [-0.4, -0.2) is 18.9 Å². The minimum atomic E-state index is -0.626. The molecular formula is C23H18Cl2N2O3. The molecule has 3 rings (SSSR count). The fourth-order valence-corrected chi connectivity index (χ4v) is 3.05. The molecule has 0 unspecified atom stereocenters. The number of carbonyl (C=O) groups excluding carboxylic acids is 2. The number of halogens is 2. The molecule has 0 radical (unpaired) electrons. The lowest BCUT2D eigenvalue weighted by atomic mass is 10.1. The van der Waals surface area contributed by atoms with Crippen molar-refractivity contribution in [2.45, 2.75) is 0 Å². The lowest BCUT2D eigenvalue weighted by molar-refractivity contribution is -0.118. The van der Waals surface area contributed by atoms with Gasteiger partial charge < -0.3 is 15.4 Å². The molecule has 7 heteroatoms. The fourth-order valence-electron chi connectivity index (χ4n) is 2.68. The Hall–Kier alpha value is -3.28. The van der Waals surface area contributed by atoms with Gasteiger partial charge in [0.25, 0.3) is 11.8 Å². The Labute approximate surface area is 184 Å². The first kappa shape index (κ1) is 21.4. The number of rotatable bonds is 6. The van der Waals surface area contributed by atoms with Gasteiger partial charge in [-0.05, 0) is 36.4 Å². The van der Waals surface area contributed by atoms with E-state index in [9.17, 15) is 9.59 Å². The number of ether oxygens (including phenoxy) is 1. The van der Waals surface area contributed by atoms with E-state index in [4.69, 9.17) is 27.9 Å². The quantitative estimate of drug-likeness (QED) is 0.295. The molecule has 0 saturated carbocycles. The van der Waals surface area contributed by atoms with Crippen LogP contribution in [0.15, 0.2) is 78.4 Å². The van der Waals surface area contributed by atoms with Gasteiger partial charge in [-0.1, -0.05) is 65.7 Å². The van der Waals surface area contributed by atoms with E-state index >= 15 is 0 Å². The van der Waals surface area contributed by atoms with Crippen LogP contribution < -0.4 is 15.4 Å². The summed E-state index contributed by atoms with van der Waals surface area (Å²) in [5, 5.41) is 6.06. The SMILES string of the molecule is COc1ccccc1C=C(C(=O)Nc1ccccc1Cl)C(=O)Nc1ccccc1Cl. The van der Waals surface area contributed by atoms with Crippen molar-refractivity contribution in [2.75, 3.05) is 17.7 Å². The van der Waals surface area contributed by atoms with Gasteiger partial charge in [-0.2, -0.15) is 0 Å². The predicted octanol–water partition coefficient (Wildman–Crippen LogP) is 5.66. The first-order valence-electron chi connectivity index (χ1n) is 8.96. The van der Waals surface area contributed by atoms with Crippen molar-refractivity contribution in [1.29, 1.82) is 0 Å². The third kappa shape index (κ3) is 5.20. The van der Waals surface area contributed by atoms with Crippen molar-refractivity contribution in [3.63, 3.8) is 0 Å². The van der Waals surface area contributed by atoms with Gasteiger partial charge in [-0.25, -0.2) is 0 Å². The molecule has 30 heavy (non-hydrogen) atoms. The third-order valence-electron chi connectivity index (χ3n) is 4.17. The molecule has 0 fully saturated rings. The van der Waals surface area contributed by atoms with Crippen LogP contribution in [0, 0.1) is 0 Å². The number of para-hydroxylation sites is 3. The Kier molecular flexibility index (Phi) is 7.12. The van der Waals surface area contributed by atoms with Crippen LogP contribution in [-0.2, 0) is 9.59 Å². The number of methoxy groups -OCH3 is 1. The first-order valence-corrected chi connectivity index (χ1v) is 9.71. The molecule has 2 amide bonds. The Morgan fingerprint density at radius 2 is 1.23 bits per heavy atom. The van der Waals surface area contributed by atoms with Crippen molar-refractivity contribution in [3.8, 4) is 5.75 Å². The van der Waals surface area contributed by atoms with E-state index in [0.717, 1.165) is 0 Å². The number of amides is 2. The molecule has 0 aliphatic carbocycles. The van der Waals surface area contributed by atoms with Crippen molar-refractivity contribution < 1.29 is 14.3 Å². The maximum Gasteiger partial charge on any atom is 0.261 e. The highest BCUT2D eigenvalue weighted by atomic mass is 35.5. The van der Waals surface area contributed by atoms with Crippen molar-refractivity contribution >= 4 is 52.5 Å². The maximum absolute atomic E-state index is 13.0. The number of benzene rings is 3. The Balaban J connectivity index is 1.98. The summed E-state index contributed by atoms with van der Waals surface area (Å²) in [6.07, 6.45) is 1.46. The van der Waals surface area contributed by atoms with Gasteiger partial charge in [-0.3, -0.25) is 9.59 Å². The lowest BCUT2D eigenvalue weighted by Crippen LogP contribution is -2.25. The topological polar surface area (TPSA) is 67.4 Å². The number of carbonyl (C=O) groups is 2. The molecule has 2 N–H and O–H groups in total. The predicted molar refractivity (Wildman–Crippen MR) is 121 cm³/mol. The Morgan fingerprint density at radius 1 is 0.767 bits per heavy atom. The van der Waals surface area contributed by atoms with Crippen molar-refractivity contribution in [1.82, 2.24) is 0 Å². The van der Waals surface area contributed by atoms with Gasteiger partial charge in [0, 0.05) is 5.56 Å². The molecule has 3 aromatic carbocycles. The van der Waals surface area contributed by atoms with Crippen molar-refractivity contribution in [2.24, 2.45) is 0 Å². The average molecular weight is 441 g/mol. The van der Waals surface area contributed by atoms with Crippen molar-refractivity contribution in [3.05, 3.63) is 94.0 Å². The standard InChI is InChI=1S/C23H18Cl2N2O3/c1-30-21-13-7-2-8-15(21)14-16(22(28)26-19-11-5-3-9-17(19)24)23(29)27-20-12-6-4-10-18(20)25/h2-14H,1H3,(H,26,28)(H,27,29). The fraction of sp³-hybridized carbons (Fsp3) is 0.0435. The largest absolute Gasteiger partial charge is 0.496 e. The number of anilines is 2.